The van der Waals surface area contributed by atoms with E-state index in [2.05, 4.69) is 5.32 Å². The second-order valence-electron chi connectivity index (χ2n) is 8.19. The fraction of sp³-hybridized carbons (Fsp3) is 0.524. The van der Waals surface area contributed by atoms with E-state index >= 15 is 0 Å². The number of hydrogen-bond donors (Lipinski definition) is 2. The molecular weight excluding hydrogens is 397 g/mol. The van der Waals surface area contributed by atoms with Crippen molar-refractivity contribution in [3.05, 3.63) is 47.4 Å². The number of allylic oxidation sites excluding steroid dienone is 1. The average molecular weight is 422 g/mol. The number of aliphatic hydroxyl groups is 1. The van der Waals surface area contributed by atoms with Gasteiger partial charge in [-0.25, -0.2) is 9.18 Å². The maximum Gasteiger partial charge on any atom is 0.322 e. The van der Waals surface area contributed by atoms with Crippen LogP contribution in [0.25, 0.3) is 0 Å². The van der Waals surface area contributed by atoms with Gasteiger partial charge in [0.1, 0.15) is 12.4 Å². The van der Waals surface area contributed by atoms with Crippen LogP contribution in [-0.4, -0.2) is 63.5 Å². The Labute approximate surface area is 174 Å². The molecule has 6 nitrogen and oxygen atoms in total. The average Bonchev–Trinajstić information content (AvgIpc) is 2.98. The first-order valence-electron chi connectivity index (χ1n) is 10.00. The monoisotopic (exact) mass is 421 g/mol. The summed E-state index contributed by atoms with van der Waals surface area (Å²) >= 11 is 6.17. The Bertz CT molecular complexity index is 821. The van der Waals surface area contributed by atoms with Crippen LogP contribution in [0.2, 0.25) is 0 Å². The van der Waals surface area contributed by atoms with Crippen molar-refractivity contribution in [2.75, 3.05) is 19.6 Å². The number of fused-ring (bicyclic) bond motifs is 1. The second kappa shape index (κ2) is 7.95. The molecular formula is C21H25ClFN3O3. The highest BCUT2D eigenvalue weighted by Crippen LogP contribution is 2.30. The van der Waals surface area contributed by atoms with E-state index in [1.165, 1.54) is 17.0 Å². The van der Waals surface area contributed by atoms with Gasteiger partial charge in [0.2, 0.25) is 5.91 Å². The summed E-state index contributed by atoms with van der Waals surface area (Å²) in [5.74, 6) is -0.428. The van der Waals surface area contributed by atoms with Crippen LogP contribution < -0.4 is 5.32 Å². The zero-order valence-corrected chi connectivity index (χ0v) is 16.9. The quantitative estimate of drug-likeness (QED) is 0.733. The van der Waals surface area contributed by atoms with Gasteiger partial charge in [0.15, 0.2) is 0 Å². The summed E-state index contributed by atoms with van der Waals surface area (Å²) in [5, 5.41) is 13.8. The molecule has 0 bridgehead atoms. The summed E-state index contributed by atoms with van der Waals surface area (Å²) in [6, 6.07) is 5.75. The molecule has 3 aliphatic rings. The third-order valence-corrected chi connectivity index (χ3v) is 6.43. The maximum atomic E-state index is 13.1. The third-order valence-electron chi connectivity index (χ3n) is 6.07. The van der Waals surface area contributed by atoms with Crippen LogP contribution in [0, 0.1) is 5.82 Å². The maximum absolute atomic E-state index is 13.1. The SMILES string of the molecule is O=C(CN1C(=O)NC2CC(Cl)CC=C21)N1CCC(O)(Cc2ccc(F)cc2)CC1. The molecule has 0 aromatic heterocycles. The highest BCUT2D eigenvalue weighted by Gasteiger charge is 2.40. The highest BCUT2D eigenvalue weighted by molar-refractivity contribution is 6.20. The van der Waals surface area contributed by atoms with E-state index in [-0.39, 0.29) is 35.7 Å². The van der Waals surface area contributed by atoms with Gasteiger partial charge in [-0.1, -0.05) is 18.2 Å². The lowest BCUT2D eigenvalue weighted by molar-refractivity contribution is -0.135. The number of alkyl halides is 1. The Kier molecular flexibility index (Phi) is 5.53. The van der Waals surface area contributed by atoms with E-state index in [0.717, 1.165) is 11.3 Å². The van der Waals surface area contributed by atoms with Crippen molar-refractivity contribution >= 4 is 23.5 Å². The van der Waals surface area contributed by atoms with Crippen molar-refractivity contribution in [3.8, 4) is 0 Å². The van der Waals surface area contributed by atoms with E-state index in [1.807, 2.05) is 6.08 Å². The molecule has 1 aromatic rings. The largest absolute Gasteiger partial charge is 0.389 e. The Morgan fingerprint density at radius 1 is 1.28 bits per heavy atom. The van der Waals surface area contributed by atoms with E-state index < -0.39 is 5.60 Å². The summed E-state index contributed by atoms with van der Waals surface area (Å²) in [6.45, 7) is 0.855. The van der Waals surface area contributed by atoms with Crippen molar-refractivity contribution in [2.24, 2.45) is 0 Å². The first-order valence-corrected chi connectivity index (χ1v) is 10.4. The zero-order valence-electron chi connectivity index (χ0n) is 16.1. The van der Waals surface area contributed by atoms with Crippen molar-refractivity contribution in [3.63, 3.8) is 0 Å². The van der Waals surface area contributed by atoms with Crippen LogP contribution in [-0.2, 0) is 11.2 Å². The molecule has 29 heavy (non-hydrogen) atoms. The molecule has 2 heterocycles. The Balaban J connectivity index is 1.33. The van der Waals surface area contributed by atoms with Gasteiger partial charge in [0, 0.05) is 30.6 Å². The number of amides is 3. The van der Waals surface area contributed by atoms with Gasteiger partial charge in [-0.3, -0.25) is 9.69 Å². The third kappa shape index (κ3) is 4.41. The number of likely N-dealkylation sites (tertiary alicyclic amines) is 1. The molecule has 2 fully saturated rings. The van der Waals surface area contributed by atoms with E-state index in [0.29, 0.717) is 45.2 Å². The standard InChI is InChI=1S/C21H25ClFN3O3/c22-15-3-6-18-17(11-15)24-20(28)26(18)13-19(27)25-9-7-21(29,8-10-25)12-14-1-4-16(23)5-2-14/h1-2,4-6,15,17,29H,3,7-13H2,(H,24,28). The number of urea groups is 1. The van der Waals surface area contributed by atoms with Crippen LogP contribution in [0.5, 0.6) is 0 Å². The minimum absolute atomic E-state index is 0.000538. The summed E-state index contributed by atoms with van der Waals surface area (Å²) < 4.78 is 13.1. The van der Waals surface area contributed by atoms with Gasteiger partial charge < -0.3 is 15.3 Å². The molecule has 2 N–H and O–H groups in total. The van der Waals surface area contributed by atoms with Crippen LogP contribution in [0.4, 0.5) is 9.18 Å². The van der Waals surface area contributed by atoms with Crippen molar-refractivity contribution in [1.29, 1.82) is 0 Å². The molecule has 1 aromatic carbocycles. The molecule has 3 amide bonds. The molecule has 4 rings (SSSR count). The lowest BCUT2D eigenvalue weighted by atomic mass is 9.85. The van der Waals surface area contributed by atoms with Crippen molar-refractivity contribution < 1.29 is 19.1 Å². The lowest BCUT2D eigenvalue weighted by Gasteiger charge is -2.39. The highest BCUT2D eigenvalue weighted by atomic mass is 35.5. The van der Waals surface area contributed by atoms with Gasteiger partial charge >= 0.3 is 6.03 Å². The normalized spacial score (nSPS) is 26.0. The number of halogens is 2. The Hall–Kier alpha value is -2.12. The van der Waals surface area contributed by atoms with Gasteiger partial charge in [-0.05, 0) is 43.4 Å². The van der Waals surface area contributed by atoms with E-state index in [9.17, 15) is 19.1 Å². The fourth-order valence-corrected chi connectivity index (χ4v) is 4.64. The second-order valence-corrected chi connectivity index (χ2v) is 8.81. The number of piperidine rings is 1. The number of nitrogens with zero attached hydrogens (tertiary/aromatic N) is 2. The molecule has 156 valence electrons. The van der Waals surface area contributed by atoms with Gasteiger partial charge in [-0.2, -0.15) is 0 Å². The van der Waals surface area contributed by atoms with Crippen molar-refractivity contribution in [1.82, 2.24) is 15.1 Å². The van der Waals surface area contributed by atoms with Gasteiger partial charge in [0.05, 0.1) is 11.6 Å². The minimum Gasteiger partial charge on any atom is -0.389 e. The smallest absolute Gasteiger partial charge is 0.322 e. The number of benzene rings is 1. The van der Waals surface area contributed by atoms with Crippen LogP contribution in [0.3, 0.4) is 0 Å². The summed E-state index contributed by atoms with van der Waals surface area (Å²) in [6.07, 6.45) is 4.62. The minimum atomic E-state index is -0.911. The molecule has 2 aliphatic heterocycles. The number of carbonyl (C=O) groups excluding carboxylic acids is 2. The zero-order chi connectivity index (χ0) is 20.6. The first kappa shape index (κ1) is 20.2. The number of nitrogens with one attached hydrogen (secondary N) is 1. The predicted octanol–water partition coefficient (Wildman–Crippen LogP) is 2.40. The van der Waals surface area contributed by atoms with Crippen LogP contribution >= 0.6 is 11.6 Å². The molecule has 2 atom stereocenters. The number of carbonyl (C=O) groups is 2. The summed E-state index contributed by atoms with van der Waals surface area (Å²) in [7, 11) is 0. The molecule has 2 unspecified atom stereocenters. The molecule has 2 saturated heterocycles. The van der Waals surface area contributed by atoms with Crippen LogP contribution in [0.1, 0.15) is 31.2 Å². The Morgan fingerprint density at radius 3 is 2.66 bits per heavy atom. The van der Waals surface area contributed by atoms with Gasteiger partial charge in [-0.15, -0.1) is 11.6 Å². The molecule has 0 spiro atoms. The number of rotatable bonds is 4. The van der Waals surface area contributed by atoms with Gasteiger partial charge in [0.25, 0.3) is 0 Å². The number of hydrogen-bond acceptors (Lipinski definition) is 3. The Morgan fingerprint density at radius 2 is 1.97 bits per heavy atom. The molecule has 1 aliphatic carbocycles. The van der Waals surface area contributed by atoms with Crippen LogP contribution in [0.15, 0.2) is 36.0 Å². The summed E-state index contributed by atoms with van der Waals surface area (Å²) in [4.78, 5) is 28.3. The van der Waals surface area contributed by atoms with E-state index in [4.69, 9.17) is 11.6 Å². The molecule has 0 saturated carbocycles. The fourth-order valence-electron chi connectivity index (χ4n) is 4.37. The van der Waals surface area contributed by atoms with E-state index in [1.54, 1.807) is 17.0 Å². The summed E-state index contributed by atoms with van der Waals surface area (Å²) in [5.41, 5.74) is 0.798. The topological polar surface area (TPSA) is 72.9 Å². The lowest BCUT2D eigenvalue weighted by Crippen LogP contribution is -2.50. The first-order chi connectivity index (χ1) is 13.8. The molecule has 0 radical (unpaired) electrons. The van der Waals surface area contributed by atoms with Crippen molar-refractivity contribution in [2.45, 2.75) is 49.1 Å². The predicted molar refractivity (Wildman–Crippen MR) is 107 cm³/mol. The molecule has 8 heteroatoms.